The average molecular weight is 433 g/mol. The number of carbonyl (C=O) groups is 1. The van der Waals surface area contributed by atoms with Gasteiger partial charge in [-0.2, -0.15) is 0 Å². The molecule has 4 unspecified atom stereocenters. The highest BCUT2D eigenvalue weighted by Gasteiger charge is 2.41. The Hall–Kier alpha value is -1.79. The van der Waals surface area contributed by atoms with E-state index in [0.29, 0.717) is 11.8 Å². The smallest absolute Gasteiger partial charge is 0.323 e. The van der Waals surface area contributed by atoms with Gasteiger partial charge in [-0.05, 0) is 47.8 Å². The van der Waals surface area contributed by atoms with Crippen molar-refractivity contribution < 1.29 is 38.2 Å². The van der Waals surface area contributed by atoms with Crippen molar-refractivity contribution in [1.29, 1.82) is 0 Å². The summed E-state index contributed by atoms with van der Waals surface area (Å²) in [4.78, 5) is 13.7. The molecule has 168 valence electrons. The highest BCUT2D eigenvalue weighted by atomic mass is 16.5. The van der Waals surface area contributed by atoms with Gasteiger partial charge >= 0.3 is 5.97 Å². The molecule has 2 N–H and O–H groups in total. The van der Waals surface area contributed by atoms with Crippen LogP contribution in [0.1, 0.15) is 76.7 Å². The van der Waals surface area contributed by atoms with Crippen LogP contribution < -0.4 is 15.2 Å². The van der Waals surface area contributed by atoms with Gasteiger partial charge in [0.05, 0.1) is 18.3 Å². The molecule has 2 heterocycles. The summed E-state index contributed by atoms with van der Waals surface area (Å²) in [7, 11) is 2.34. The lowest BCUT2D eigenvalue weighted by Gasteiger charge is -2.47. The number of esters is 1. The van der Waals surface area contributed by atoms with Gasteiger partial charge in [0.2, 0.25) is 0 Å². The first kappa shape index (κ1) is 10.7. The molecular formula is C24H38N2O4. The molecule has 5 atom stereocenters. The maximum atomic E-state index is 13.2. The SMILES string of the molecule is [2H]c1c2c(c([2H])c(OC)c1OC)C1([2H])N(CC2)C([2H])([2H])C([2H])(C([2H])([2H])C([2H])(C)C([2H])([2H])[2H])C(OC(=O)[C@@H](N)C(C)C)C1([2H])[2H]. The maximum Gasteiger partial charge on any atom is 0.323 e. The normalized spacial score (nSPS) is 42.8. The van der Waals surface area contributed by atoms with Crippen LogP contribution in [-0.2, 0) is 16.0 Å². The van der Waals surface area contributed by atoms with Gasteiger partial charge in [0.25, 0.3) is 0 Å². The zero-order valence-corrected chi connectivity index (χ0v) is 17.8. The zero-order valence-electron chi connectivity index (χ0n) is 31.8. The second-order valence-corrected chi connectivity index (χ2v) is 7.43. The fourth-order valence-corrected chi connectivity index (χ4v) is 3.16. The van der Waals surface area contributed by atoms with Crippen molar-refractivity contribution >= 4 is 5.97 Å². The first-order valence-electron chi connectivity index (χ1n) is 16.7. The van der Waals surface area contributed by atoms with E-state index in [1.54, 1.807) is 0 Å². The van der Waals surface area contributed by atoms with Gasteiger partial charge in [0.15, 0.2) is 11.5 Å². The minimum Gasteiger partial charge on any atom is -0.493 e. The second kappa shape index (κ2) is 9.56. The Kier molecular flexibility index (Phi) is 3.41. The fourth-order valence-electron chi connectivity index (χ4n) is 3.16. The molecular weight excluding hydrogens is 380 g/mol. The standard InChI is InChI=1S/C24H38N2O4/c1-14(2)9-17-13-26-8-7-16-10-21(28-5)22(29-6)11-18(16)19(26)12-20(17)30-24(27)23(25)15(3)4/h10-11,14-15,17,19-20,23H,7-9,12-13,25H2,1-6H3/t17?,19?,20?,23-/m0/s1/i1D3,9D2,10D,11D,12D2,13D2,14D,17D,19D/t14?,17?,19?,20?,23-. The predicted octanol–water partition coefficient (Wildman–Crippen LogP) is 3.56. The molecule has 0 aliphatic carbocycles. The van der Waals surface area contributed by atoms with E-state index in [1.165, 1.54) is 21.0 Å². The van der Waals surface area contributed by atoms with E-state index in [4.69, 9.17) is 30.9 Å². The molecule has 0 amide bonds. The van der Waals surface area contributed by atoms with Gasteiger partial charge in [-0.1, -0.05) is 27.6 Å². The van der Waals surface area contributed by atoms with E-state index in [0.717, 1.165) is 7.11 Å². The van der Waals surface area contributed by atoms with Crippen LogP contribution in [0.25, 0.3) is 0 Å². The molecule has 0 aromatic heterocycles. The van der Waals surface area contributed by atoms with Gasteiger partial charge in [-0.3, -0.25) is 9.69 Å². The Morgan fingerprint density at radius 2 is 2.13 bits per heavy atom. The molecule has 6 heteroatoms. The maximum absolute atomic E-state index is 13.2. The monoisotopic (exact) mass is 432 g/mol. The molecule has 1 fully saturated rings. The summed E-state index contributed by atoms with van der Waals surface area (Å²) in [6, 6.07) is -5.62. The Bertz CT molecular complexity index is 1320. The van der Waals surface area contributed by atoms with E-state index in [-0.39, 0.29) is 29.5 Å². The molecule has 1 aromatic carbocycles. The largest absolute Gasteiger partial charge is 0.493 e. The second-order valence-electron chi connectivity index (χ2n) is 7.43. The number of fused-ring (bicyclic) bond motifs is 3. The topological polar surface area (TPSA) is 74.0 Å². The lowest BCUT2D eigenvalue weighted by Crippen LogP contribution is -2.51. The lowest BCUT2D eigenvalue weighted by molar-refractivity contribution is -0.160. The van der Waals surface area contributed by atoms with Crippen molar-refractivity contribution in [2.75, 3.05) is 27.3 Å². The number of piperidine rings is 1. The summed E-state index contributed by atoms with van der Waals surface area (Å²) in [6.07, 6.45) is -10.5. The molecule has 1 saturated heterocycles. The molecule has 3 rings (SSSR count). The van der Waals surface area contributed by atoms with Crippen LogP contribution in [0.15, 0.2) is 12.1 Å². The average Bonchev–Trinajstić information content (AvgIpc) is 2.90. The Morgan fingerprint density at radius 1 is 1.43 bits per heavy atom. The van der Waals surface area contributed by atoms with Crippen molar-refractivity contribution in [3.8, 4) is 11.5 Å². The lowest BCUT2D eigenvalue weighted by atomic mass is 9.79. The molecule has 2 aliphatic rings. The summed E-state index contributed by atoms with van der Waals surface area (Å²) < 4.78 is 139. The number of rotatable bonds is 7. The molecule has 2 aliphatic heterocycles. The van der Waals surface area contributed by atoms with Crippen LogP contribution in [0.2, 0.25) is 0 Å². The molecule has 1 aromatic rings. The van der Waals surface area contributed by atoms with Gasteiger partial charge in [0.1, 0.15) is 12.1 Å². The molecule has 0 saturated carbocycles. The van der Waals surface area contributed by atoms with Crippen LogP contribution in [0.3, 0.4) is 0 Å². The molecule has 0 bridgehead atoms. The molecule has 6 nitrogen and oxygen atoms in total. The van der Waals surface area contributed by atoms with Gasteiger partial charge < -0.3 is 19.9 Å². The summed E-state index contributed by atoms with van der Waals surface area (Å²) in [6.45, 7) is -4.02. The first-order valence-corrected chi connectivity index (χ1v) is 9.67. The quantitative estimate of drug-likeness (QED) is 0.664. The van der Waals surface area contributed by atoms with Crippen molar-refractivity contribution in [3.63, 3.8) is 0 Å². The van der Waals surface area contributed by atoms with Crippen LogP contribution in [-0.4, -0.2) is 50.3 Å². The predicted molar refractivity (Wildman–Crippen MR) is 118 cm³/mol. The first-order chi connectivity index (χ1) is 19.7. The Labute approximate surface area is 200 Å². The minimum absolute atomic E-state index is 0.0872. The van der Waals surface area contributed by atoms with Crippen molar-refractivity contribution in [1.82, 2.24) is 4.90 Å². The summed E-state index contributed by atoms with van der Waals surface area (Å²) >= 11 is 0. The van der Waals surface area contributed by atoms with E-state index in [2.05, 4.69) is 0 Å². The van der Waals surface area contributed by atoms with Gasteiger partial charge in [0, 0.05) is 46.4 Å². The molecule has 0 radical (unpaired) electrons. The van der Waals surface area contributed by atoms with E-state index in [1.807, 2.05) is 0 Å². The number of benzene rings is 1. The van der Waals surface area contributed by atoms with Crippen molar-refractivity contribution in [2.45, 2.75) is 65.0 Å². The summed E-state index contributed by atoms with van der Waals surface area (Å²) in [5, 5.41) is 0. The van der Waals surface area contributed by atoms with Crippen LogP contribution in [0.5, 0.6) is 11.5 Å². The van der Waals surface area contributed by atoms with E-state index >= 15 is 0 Å². The Morgan fingerprint density at radius 3 is 2.77 bits per heavy atom. The number of carbonyl (C=O) groups excluding carboxylic acids is 1. The third-order valence-electron chi connectivity index (χ3n) is 4.84. The highest BCUT2D eigenvalue weighted by molar-refractivity contribution is 5.76. The fraction of sp³-hybridized carbons (Fsp3) is 0.708. The minimum atomic E-state index is -3.81. The van der Waals surface area contributed by atoms with Crippen LogP contribution in [0, 0.1) is 17.7 Å². The summed E-state index contributed by atoms with van der Waals surface area (Å²) in [5.41, 5.74) is 5.27. The molecule has 30 heavy (non-hydrogen) atoms. The van der Waals surface area contributed by atoms with Gasteiger partial charge in [-0.25, -0.2) is 0 Å². The van der Waals surface area contributed by atoms with Crippen LogP contribution >= 0.6 is 0 Å². The summed E-state index contributed by atoms with van der Waals surface area (Å²) in [5.74, 6) is -9.61. The van der Waals surface area contributed by atoms with E-state index < -0.39 is 86.1 Å². The zero-order chi connectivity index (χ0) is 34.4. The highest BCUT2D eigenvalue weighted by Crippen LogP contribution is 2.44. The number of nitrogens with two attached hydrogens (primary N) is 1. The Balaban J connectivity index is 2.53. The number of ether oxygens (including phenoxy) is 3. The number of methoxy groups -OCH3 is 2. The number of hydrogen-bond acceptors (Lipinski definition) is 6. The number of nitrogens with zero attached hydrogens (tertiary/aromatic N) is 1. The van der Waals surface area contributed by atoms with Crippen molar-refractivity contribution in [3.05, 3.63) is 23.2 Å². The van der Waals surface area contributed by atoms with Crippen molar-refractivity contribution in [2.24, 2.45) is 23.4 Å². The molecule has 0 spiro atoms. The third-order valence-corrected chi connectivity index (χ3v) is 4.84. The van der Waals surface area contributed by atoms with Crippen LogP contribution in [0.4, 0.5) is 0 Å². The third kappa shape index (κ3) is 4.75. The van der Waals surface area contributed by atoms with E-state index in [9.17, 15) is 13.0 Å². The number of hydrogen-bond donors (Lipinski definition) is 1. The van der Waals surface area contributed by atoms with Gasteiger partial charge in [-0.15, -0.1) is 0 Å².